The predicted molar refractivity (Wildman–Crippen MR) is 61.5 cm³/mol. The quantitative estimate of drug-likeness (QED) is 0.830. The number of nitrogens with one attached hydrogen (secondary N) is 1. The number of ether oxygens (including phenoxy) is 1. The molecule has 15 heavy (non-hydrogen) atoms. The lowest BCUT2D eigenvalue weighted by Gasteiger charge is -2.20. The molecule has 0 radical (unpaired) electrons. The van der Waals surface area contributed by atoms with Crippen LogP contribution in [0, 0.1) is 0 Å². The summed E-state index contributed by atoms with van der Waals surface area (Å²) in [7, 11) is 3.37. The molecule has 0 aromatic heterocycles. The summed E-state index contributed by atoms with van der Waals surface area (Å²) in [6.07, 6.45) is -0.636. The van der Waals surface area contributed by atoms with Gasteiger partial charge in [0.15, 0.2) is 0 Å². The molecule has 1 aromatic carbocycles. The lowest BCUT2D eigenvalue weighted by molar-refractivity contribution is 0.136. The highest BCUT2D eigenvalue weighted by Crippen LogP contribution is 2.29. The Bertz CT molecular complexity index is 330. The van der Waals surface area contributed by atoms with Crippen LogP contribution >= 0.6 is 11.6 Å². The first-order chi connectivity index (χ1) is 7.10. The number of hydrogen-bond donors (Lipinski definition) is 2. The highest BCUT2D eigenvalue weighted by atomic mass is 35.5. The van der Waals surface area contributed by atoms with E-state index in [-0.39, 0.29) is 6.04 Å². The van der Waals surface area contributed by atoms with E-state index in [1.54, 1.807) is 32.4 Å². The first-order valence-electron chi connectivity index (χ1n) is 4.79. The second kappa shape index (κ2) is 5.35. The molecule has 1 rings (SSSR count). The molecule has 0 heterocycles. The van der Waals surface area contributed by atoms with E-state index in [4.69, 9.17) is 16.3 Å². The molecular weight excluding hydrogens is 214 g/mol. The molecule has 4 heteroatoms. The Labute approximate surface area is 95.0 Å². The Morgan fingerprint density at radius 3 is 2.67 bits per heavy atom. The topological polar surface area (TPSA) is 41.5 Å². The maximum Gasteiger partial charge on any atom is 0.124 e. The van der Waals surface area contributed by atoms with Crippen LogP contribution in [0.5, 0.6) is 5.75 Å². The molecule has 2 N–H and O–H groups in total. The number of aliphatic hydroxyl groups excluding tert-OH is 1. The minimum Gasteiger partial charge on any atom is -0.496 e. The molecule has 84 valence electrons. The Hall–Kier alpha value is -0.770. The van der Waals surface area contributed by atoms with Gasteiger partial charge in [-0.15, -0.1) is 0 Å². The van der Waals surface area contributed by atoms with E-state index in [0.29, 0.717) is 16.3 Å². The van der Waals surface area contributed by atoms with Gasteiger partial charge in [0.25, 0.3) is 0 Å². The second-order valence-electron chi connectivity index (χ2n) is 3.41. The molecule has 3 nitrogen and oxygen atoms in total. The normalized spacial score (nSPS) is 14.7. The summed E-state index contributed by atoms with van der Waals surface area (Å²) in [6.45, 7) is 1.89. The van der Waals surface area contributed by atoms with Crippen LogP contribution in [-0.4, -0.2) is 25.3 Å². The third kappa shape index (κ3) is 2.84. The molecule has 0 aliphatic rings. The van der Waals surface area contributed by atoms with Crippen molar-refractivity contribution in [1.82, 2.24) is 5.32 Å². The number of hydrogen-bond acceptors (Lipinski definition) is 3. The SMILES string of the molecule is CNC(C)C(O)c1cc(Cl)ccc1OC. The molecule has 0 aliphatic heterocycles. The third-order valence-corrected chi connectivity index (χ3v) is 2.67. The molecule has 0 saturated heterocycles. The van der Waals surface area contributed by atoms with E-state index in [0.717, 1.165) is 0 Å². The maximum atomic E-state index is 10.0. The number of aliphatic hydroxyl groups is 1. The fourth-order valence-electron chi connectivity index (χ4n) is 1.36. The van der Waals surface area contributed by atoms with Crippen molar-refractivity contribution in [2.75, 3.05) is 14.2 Å². The van der Waals surface area contributed by atoms with E-state index in [9.17, 15) is 5.11 Å². The van der Waals surface area contributed by atoms with Crippen molar-refractivity contribution in [3.8, 4) is 5.75 Å². The zero-order valence-electron chi connectivity index (χ0n) is 9.12. The Balaban J connectivity index is 3.05. The second-order valence-corrected chi connectivity index (χ2v) is 3.84. The van der Waals surface area contributed by atoms with Crippen molar-refractivity contribution in [3.63, 3.8) is 0 Å². The minimum atomic E-state index is -0.636. The molecule has 0 saturated carbocycles. The molecule has 0 bridgehead atoms. The van der Waals surface area contributed by atoms with E-state index in [2.05, 4.69) is 5.32 Å². The zero-order valence-corrected chi connectivity index (χ0v) is 9.88. The molecule has 0 fully saturated rings. The number of halogens is 1. The molecule has 0 amide bonds. The van der Waals surface area contributed by atoms with Crippen LogP contribution < -0.4 is 10.1 Å². The van der Waals surface area contributed by atoms with Crippen LogP contribution in [-0.2, 0) is 0 Å². The highest BCUT2D eigenvalue weighted by molar-refractivity contribution is 6.30. The van der Waals surface area contributed by atoms with E-state index >= 15 is 0 Å². The lowest BCUT2D eigenvalue weighted by Crippen LogP contribution is -2.28. The van der Waals surface area contributed by atoms with E-state index < -0.39 is 6.10 Å². The van der Waals surface area contributed by atoms with Crippen molar-refractivity contribution < 1.29 is 9.84 Å². The Morgan fingerprint density at radius 1 is 1.47 bits per heavy atom. The van der Waals surface area contributed by atoms with Crippen molar-refractivity contribution >= 4 is 11.6 Å². The third-order valence-electron chi connectivity index (χ3n) is 2.44. The van der Waals surface area contributed by atoms with Crippen molar-refractivity contribution in [3.05, 3.63) is 28.8 Å². The van der Waals surface area contributed by atoms with Gasteiger partial charge in [-0.05, 0) is 32.2 Å². The van der Waals surface area contributed by atoms with Gasteiger partial charge in [0.1, 0.15) is 5.75 Å². The van der Waals surface area contributed by atoms with Crippen molar-refractivity contribution in [1.29, 1.82) is 0 Å². The molecule has 2 unspecified atom stereocenters. The smallest absolute Gasteiger partial charge is 0.124 e. The number of likely N-dealkylation sites (N-methyl/N-ethyl adjacent to an activating group) is 1. The molecule has 0 spiro atoms. The molecule has 2 atom stereocenters. The van der Waals surface area contributed by atoms with Crippen LogP contribution in [0.15, 0.2) is 18.2 Å². The number of rotatable bonds is 4. The van der Waals surface area contributed by atoms with Gasteiger partial charge in [-0.2, -0.15) is 0 Å². The summed E-state index contributed by atoms with van der Waals surface area (Å²) in [5, 5.41) is 13.6. The van der Waals surface area contributed by atoms with Gasteiger partial charge < -0.3 is 15.2 Å². The highest BCUT2D eigenvalue weighted by Gasteiger charge is 2.18. The maximum absolute atomic E-state index is 10.0. The average Bonchev–Trinajstić information content (AvgIpc) is 2.27. The van der Waals surface area contributed by atoms with Gasteiger partial charge in [0, 0.05) is 16.6 Å². The fourth-order valence-corrected chi connectivity index (χ4v) is 1.54. The minimum absolute atomic E-state index is 0.0580. The summed E-state index contributed by atoms with van der Waals surface area (Å²) >= 11 is 5.88. The van der Waals surface area contributed by atoms with E-state index in [1.807, 2.05) is 6.92 Å². The summed E-state index contributed by atoms with van der Waals surface area (Å²) in [4.78, 5) is 0. The first kappa shape index (κ1) is 12.3. The summed E-state index contributed by atoms with van der Waals surface area (Å²) in [5.74, 6) is 0.647. The summed E-state index contributed by atoms with van der Waals surface area (Å²) in [6, 6.07) is 5.15. The Kier molecular flexibility index (Phi) is 4.39. The van der Waals surface area contributed by atoms with Gasteiger partial charge >= 0.3 is 0 Å². The monoisotopic (exact) mass is 229 g/mol. The van der Waals surface area contributed by atoms with E-state index in [1.165, 1.54) is 0 Å². The average molecular weight is 230 g/mol. The standard InChI is InChI=1S/C11H16ClNO2/c1-7(13-2)11(14)9-6-8(12)4-5-10(9)15-3/h4-7,11,13-14H,1-3H3. The van der Waals surface area contributed by atoms with Crippen LogP contribution in [0.1, 0.15) is 18.6 Å². The first-order valence-corrected chi connectivity index (χ1v) is 5.16. The largest absolute Gasteiger partial charge is 0.496 e. The zero-order chi connectivity index (χ0) is 11.4. The summed E-state index contributed by atoms with van der Waals surface area (Å²) < 4.78 is 5.17. The molecule has 0 aliphatic carbocycles. The van der Waals surface area contributed by atoms with Crippen molar-refractivity contribution in [2.45, 2.75) is 19.1 Å². The van der Waals surface area contributed by atoms with Gasteiger partial charge in [-0.1, -0.05) is 11.6 Å². The number of benzene rings is 1. The van der Waals surface area contributed by atoms with Crippen LogP contribution in [0.3, 0.4) is 0 Å². The lowest BCUT2D eigenvalue weighted by atomic mass is 10.0. The van der Waals surface area contributed by atoms with Crippen LogP contribution in [0.2, 0.25) is 5.02 Å². The fraction of sp³-hybridized carbons (Fsp3) is 0.455. The van der Waals surface area contributed by atoms with Gasteiger partial charge in [-0.3, -0.25) is 0 Å². The molecule has 1 aromatic rings. The van der Waals surface area contributed by atoms with Crippen molar-refractivity contribution in [2.24, 2.45) is 0 Å². The number of methoxy groups -OCH3 is 1. The summed E-state index contributed by atoms with van der Waals surface area (Å²) in [5.41, 5.74) is 0.701. The Morgan fingerprint density at radius 2 is 2.13 bits per heavy atom. The predicted octanol–water partition coefficient (Wildman–Crippen LogP) is 1.99. The van der Waals surface area contributed by atoms with Gasteiger partial charge in [0.2, 0.25) is 0 Å². The van der Waals surface area contributed by atoms with Crippen LogP contribution in [0.25, 0.3) is 0 Å². The molecular formula is C11H16ClNO2. The van der Waals surface area contributed by atoms with Gasteiger partial charge in [0.05, 0.1) is 13.2 Å². The van der Waals surface area contributed by atoms with Gasteiger partial charge in [-0.25, -0.2) is 0 Å². The van der Waals surface area contributed by atoms with Crippen LogP contribution in [0.4, 0.5) is 0 Å².